The number of rotatable bonds is 12. The molecule has 3 atom stereocenters. The van der Waals surface area contributed by atoms with Crippen molar-refractivity contribution in [3.8, 4) is 23.7 Å². The second-order valence-electron chi connectivity index (χ2n) is 18.9. The molecule has 0 aliphatic carbocycles. The molecular weight excluding hydrogens is 913 g/mol. The van der Waals surface area contributed by atoms with Crippen molar-refractivity contribution in [2.75, 3.05) is 36.0 Å². The number of aromatic nitrogens is 12. The molecule has 2 aliphatic heterocycles. The van der Waals surface area contributed by atoms with E-state index in [-0.39, 0.29) is 66.6 Å². The third-order valence-electron chi connectivity index (χ3n) is 13.9. The number of imidazole rings is 2. The Morgan fingerprint density at radius 1 is 0.667 bits per heavy atom. The molecule has 6 aromatic heterocycles. The molecule has 20 nitrogen and oxygen atoms in total. The predicted molar refractivity (Wildman–Crippen MR) is 278 cm³/mol. The molecule has 0 spiro atoms. The Bertz CT molecular complexity index is 3820. The van der Waals surface area contributed by atoms with Crippen molar-refractivity contribution in [3.05, 3.63) is 113 Å². The Balaban J connectivity index is 0.923. The van der Waals surface area contributed by atoms with Crippen LogP contribution in [-0.4, -0.2) is 102 Å². The fraction of sp³-hybridized carbons (Fsp3) is 0.423. The van der Waals surface area contributed by atoms with Gasteiger partial charge in [-0.1, -0.05) is 48.2 Å². The molecule has 1 unspecified atom stereocenters. The molecule has 0 saturated carbocycles. The van der Waals surface area contributed by atoms with Crippen LogP contribution in [-0.2, 0) is 46.7 Å². The molecule has 0 radical (unpaired) electrons. The van der Waals surface area contributed by atoms with Crippen molar-refractivity contribution in [1.29, 1.82) is 0 Å². The van der Waals surface area contributed by atoms with Crippen LogP contribution >= 0.6 is 0 Å². The van der Waals surface area contributed by atoms with Gasteiger partial charge in [-0.2, -0.15) is 9.97 Å². The van der Waals surface area contributed by atoms with Crippen LogP contribution < -0.4 is 43.3 Å². The first-order valence-corrected chi connectivity index (χ1v) is 24.5. The van der Waals surface area contributed by atoms with Gasteiger partial charge in [0.05, 0.1) is 42.9 Å². The number of piperidine rings is 2. The van der Waals surface area contributed by atoms with E-state index in [1.54, 1.807) is 32.5 Å². The van der Waals surface area contributed by atoms with Gasteiger partial charge in [0, 0.05) is 81.3 Å². The average Bonchev–Trinajstić information content (AvgIpc) is 3.96. The van der Waals surface area contributed by atoms with E-state index in [4.69, 9.17) is 30.7 Å². The van der Waals surface area contributed by atoms with Gasteiger partial charge >= 0.3 is 11.4 Å². The number of benzene rings is 2. The number of fused-ring (bicyclic) bond motifs is 4. The second-order valence-corrected chi connectivity index (χ2v) is 18.9. The molecule has 2 aromatic carbocycles. The Morgan fingerprint density at radius 2 is 1.18 bits per heavy atom. The summed E-state index contributed by atoms with van der Waals surface area (Å²) in [5.74, 6) is 14.0. The minimum Gasteiger partial charge on any atom is -0.341 e. The summed E-state index contributed by atoms with van der Waals surface area (Å²) in [5, 5.41) is 5.62. The summed E-state index contributed by atoms with van der Waals surface area (Å²) in [7, 11) is 3.25. The Labute approximate surface area is 414 Å². The van der Waals surface area contributed by atoms with Crippen LogP contribution in [0.4, 0.5) is 11.9 Å². The normalized spacial score (nSPS) is 16.6. The smallest absolute Gasteiger partial charge is 0.332 e. The molecule has 0 amide bonds. The molecule has 8 heterocycles. The van der Waals surface area contributed by atoms with Crippen molar-refractivity contribution in [1.82, 2.24) is 62.6 Å². The third-order valence-corrected chi connectivity index (χ3v) is 13.9. The minimum absolute atomic E-state index is 0.0294. The highest BCUT2D eigenvalue weighted by Gasteiger charge is 2.30. The molecule has 3 N–H and O–H groups in total. The van der Waals surface area contributed by atoms with Gasteiger partial charge in [0.2, 0.25) is 11.9 Å². The summed E-state index contributed by atoms with van der Waals surface area (Å²) in [6.07, 6.45) is 4.06. The highest BCUT2D eigenvalue weighted by molar-refractivity contribution is 5.82. The lowest BCUT2D eigenvalue weighted by atomic mass is 10.0. The third kappa shape index (κ3) is 8.81. The van der Waals surface area contributed by atoms with Crippen LogP contribution in [0.25, 0.3) is 44.1 Å². The summed E-state index contributed by atoms with van der Waals surface area (Å²) in [4.78, 5) is 90.2. The maximum atomic E-state index is 14.5. The molecule has 370 valence electrons. The zero-order chi connectivity index (χ0) is 50.4. The van der Waals surface area contributed by atoms with Gasteiger partial charge in [-0.05, 0) is 65.5 Å². The van der Waals surface area contributed by atoms with Gasteiger partial charge in [-0.25, -0.2) is 29.5 Å². The molecule has 2 saturated heterocycles. The highest BCUT2D eigenvalue weighted by Crippen LogP contribution is 2.26. The van der Waals surface area contributed by atoms with Gasteiger partial charge in [0.25, 0.3) is 11.1 Å². The highest BCUT2D eigenvalue weighted by atomic mass is 16.2. The molecule has 8 aromatic rings. The molecule has 10 rings (SSSR count). The number of para-hydroxylation sites is 2. The van der Waals surface area contributed by atoms with Crippen molar-refractivity contribution < 1.29 is 0 Å². The number of hydrogen-bond acceptors (Lipinski definition) is 14. The molecule has 72 heavy (non-hydrogen) atoms. The lowest BCUT2D eigenvalue weighted by Crippen LogP contribution is -2.49. The van der Waals surface area contributed by atoms with Crippen LogP contribution in [0.5, 0.6) is 0 Å². The Morgan fingerprint density at radius 3 is 1.75 bits per heavy atom. The van der Waals surface area contributed by atoms with Crippen LogP contribution in [0, 0.1) is 30.6 Å². The van der Waals surface area contributed by atoms with E-state index in [2.05, 4.69) is 50.7 Å². The van der Waals surface area contributed by atoms with E-state index in [0.717, 1.165) is 59.9 Å². The number of nitrogens with zero attached hydrogens (tertiary/aromatic N) is 14. The number of anilines is 2. The number of nitrogens with one attached hydrogen (secondary N) is 1. The van der Waals surface area contributed by atoms with Gasteiger partial charge in [-0.3, -0.25) is 37.0 Å². The lowest BCUT2D eigenvalue weighted by Gasteiger charge is -2.35. The van der Waals surface area contributed by atoms with E-state index in [1.807, 2.05) is 60.0 Å². The quantitative estimate of drug-likeness (QED) is 0.168. The van der Waals surface area contributed by atoms with E-state index in [1.165, 1.54) is 18.3 Å². The lowest BCUT2D eigenvalue weighted by molar-refractivity contribution is 0.378. The average molecular weight is 971 g/mol. The van der Waals surface area contributed by atoms with Gasteiger partial charge < -0.3 is 20.9 Å². The van der Waals surface area contributed by atoms with Crippen LogP contribution in [0.1, 0.15) is 69.5 Å². The van der Waals surface area contributed by atoms with Crippen molar-refractivity contribution in [2.45, 2.75) is 104 Å². The summed E-state index contributed by atoms with van der Waals surface area (Å²) >= 11 is 0. The second kappa shape index (κ2) is 19.7. The maximum Gasteiger partial charge on any atom is 0.332 e. The first kappa shape index (κ1) is 47.7. The van der Waals surface area contributed by atoms with E-state index in [9.17, 15) is 19.2 Å². The largest absolute Gasteiger partial charge is 0.341 e. The zero-order valence-electron chi connectivity index (χ0n) is 41.5. The monoisotopic (exact) mass is 970 g/mol. The van der Waals surface area contributed by atoms with E-state index >= 15 is 0 Å². The summed E-state index contributed by atoms with van der Waals surface area (Å²) in [6.45, 7) is 10.3. The number of nitrogens with two attached hydrogens (primary N) is 1. The Hall–Kier alpha value is -7.94. The molecular formula is C52H58N16O4. The van der Waals surface area contributed by atoms with E-state index in [0.29, 0.717) is 55.1 Å². The zero-order valence-corrected chi connectivity index (χ0v) is 41.5. The van der Waals surface area contributed by atoms with E-state index < -0.39 is 22.5 Å². The first-order valence-electron chi connectivity index (χ1n) is 24.5. The summed E-state index contributed by atoms with van der Waals surface area (Å²) in [5.41, 5.74) is 8.46. The molecule has 2 aliphatic rings. The number of hydrogen-bond donors (Lipinski definition) is 2. The van der Waals surface area contributed by atoms with Crippen molar-refractivity contribution >= 4 is 56.0 Å². The van der Waals surface area contributed by atoms with Gasteiger partial charge in [0.1, 0.15) is 11.6 Å². The molecule has 0 bridgehead atoms. The van der Waals surface area contributed by atoms with Gasteiger partial charge in [0.15, 0.2) is 22.3 Å². The minimum atomic E-state index is -0.523. The summed E-state index contributed by atoms with van der Waals surface area (Å²) < 4.78 is 8.81. The summed E-state index contributed by atoms with van der Waals surface area (Å²) in [6, 6.07) is 15.4. The predicted octanol–water partition coefficient (Wildman–Crippen LogP) is 2.56. The van der Waals surface area contributed by atoms with Gasteiger partial charge in [-0.15, -0.1) is 11.8 Å². The molecule has 2 fully saturated rings. The topological polar surface area (TPSA) is 220 Å². The number of aryl methyl sites for hydroxylation is 3. The van der Waals surface area contributed by atoms with Crippen LogP contribution in [0.3, 0.4) is 0 Å². The van der Waals surface area contributed by atoms with Crippen LogP contribution in [0.2, 0.25) is 0 Å². The maximum absolute atomic E-state index is 14.5. The van der Waals surface area contributed by atoms with Crippen molar-refractivity contribution in [2.24, 2.45) is 19.8 Å². The van der Waals surface area contributed by atoms with Crippen molar-refractivity contribution in [3.63, 3.8) is 0 Å². The van der Waals surface area contributed by atoms with Crippen LogP contribution in [0.15, 0.2) is 67.7 Å². The first-order chi connectivity index (χ1) is 34.8. The SMILES string of the molecule is CC#CCn1c(N2CCC[C@@H](NC(C)Cc3nc(Cn4c(=O)c5c(nc(N6CCC[C@@H](N)C6)n5CC#CC)n(C)c4=O)nc4ccccc34)C2)nc2c1c(=O)n(Cc1nc(C)c3ccccc3n1)c(=O)n2C. The Kier molecular flexibility index (Phi) is 13.1. The molecule has 20 heteroatoms. The fourth-order valence-corrected chi connectivity index (χ4v) is 10.4. The fourth-order valence-electron chi connectivity index (χ4n) is 10.4. The standard InChI is InChI=1S/C52H58N16O4/c1-7-9-25-65-43-45(59-49(65)63-23-15-17-34(53)28-63)61(5)52(72)68(48(43)70)31-42-57-39-22-14-12-20-37(39)40(58-42)27-32(3)54-35-18-16-24-64(29-35)50-60-46-44(66(50)26-10-8-2)47(69)67(51(71)62(46)6)30-41-55-33(4)36-19-11-13-21-38(36)56-41/h11-14,19-22,32,34-35,54H,15-18,23-31,53H2,1-6H3/t32?,34-,35-/m1/s1.